The molecule has 1 amide bonds. The molecule has 0 saturated heterocycles. The van der Waals surface area contributed by atoms with Gasteiger partial charge in [0.25, 0.3) is 11.6 Å². The number of nitrogens with zero attached hydrogens (tertiary/aromatic N) is 2. The zero-order valence-corrected chi connectivity index (χ0v) is 19.8. The SMILES string of the molecule is CCOC(=O)C1=C(C)NC(=S)N[C@@H]1c1ccccc1OCC(=O)NN=Cc1cccc([N+](=O)[O-])c1. The Labute approximate surface area is 206 Å². The first kappa shape index (κ1) is 25.3. The monoisotopic (exact) mass is 497 g/mol. The molecule has 0 unspecified atom stereocenters. The number of rotatable bonds is 9. The fourth-order valence-electron chi connectivity index (χ4n) is 3.33. The summed E-state index contributed by atoms with van der Waals surface area (Å²) < 4.78 is 10.9. The van der Waals surface area contributed by atoms with Crippen molar-refractivity contribution in [1.82, 2.24) is 16.1 Å². The van der Waals surface area contributed by atoms with E-state index >= 15 is 0 Å². The molecule has 0 spiro atoms. The van der Waals surface area contributed by atoms with Gasteiger partial charge in [0.2, 0.25) is 0 Å². The second kappa shape index (κ2) is 11.7. The van der Waals surface area contributed by atoms with Gasteiger partial charge in [0.05, 0.1) is 29.4 Å². The van der Waals surface area contributed by atoms with E-state index < -0.39 is 22.8 Å². The lowest BCUT2D eigenvalue weighted by Gasteiger charge is -2.30. The summed E-state index contributed by atoms with van der Waals surface area (Å²) in [6.07, 6.45) is 1.29. The molecule has 0 radical (unpaired) electrons. The standard InChI is InChI=1S/C23H23N5O6S/c1-3-33-22(30)20-14(2)25-23(35)26-21(20)17-9-4-5-10-18(17)34-13-19(29)27-24-12-15-7-6-8-16(11-15)28(31)32/h4-12,21H,3,13H2,1-2H3,(H,27,29)(H2,25,26,35)/t21-/m1/s1. The molecule has 11 nitrogen and oxygen atoms in total. The number of benzene rings is 2. The highest BCUT2D eigenvalue weighted by molar-refractivity contribution is 7.80. The van der Waals surface area contributed by atoms with Crippen LogP contribution in [0.25, 0.3) is 0 Å². The average molecular weight is 498 g/mol. The van der Waals surface area contributed by atoms with Crippen LogP contribution in [0.5, 0.6) is 5.75 Å². The summed E-state index contributed by atoms with van der Waals surface area (Å²) in [6.45, 7) is 3.29. The van der Waals surface area contributed by atoms with Crippen molar-refractivity contribution >= 4 is 41.1 Å². The number of carbonyl (C=O) groups excluding carboxylic acids is 2. The number of nitro groups is 1. The van der Waals surface area contributed by atoms with E-state index in [1.165, 1.54) is 24.4 Å². The van der Waals surface area contributed by atoms with E-state index in [-0.39, 0.29) is 18.9 Å². The second-order valence-electron chi connectivity index (χ2n) is 7.26. The third kappa shape index (κ3) is 6.60. The summed E-state index contributed by atoms with van der Waals surface area (Å²) in [5.41, 5.74) is 4.17. The Morgan fingerprint density at radius 2 is 2.03 bits per heavy atom. The smallest absolute Gasteiger partial charge is 0.338 e. The number of ether oxygens (including phenoxy) is 2. The van der Waals surface area contributed by atoms with Gasteiger partial charge < -0.3 is 20.1 Å². The number of allylic oxidation sites excluding steroid dienone is 1. The average Bonchev–Trinajstić information content (AvgIpc) is 2.82. The maximum atomic E-state index is 12.6. The number of nitrogens with one attached hydrogen (secondary N) is 3. The molecule has 12 heteroatoms. The van der Waals surface area contributed by atoms with E-state index in [9.17, 15) is 19.7 Å². The summed E-state index contributed by atoms with van der Waals surface area (Å²) >= 11 is 5.26. The van der Waals surface area contributed by atoms with Crippen molar-refractivity contribution in [2.75, 3.05) is 13.2 Å². The van der Waals surface area contributed by atoms with Crippen LogP contribution in [0.3, 0.4) is 0 Å². The van der Waals surface area contributed by atoms with Crippen LogP contribution in [0.2, 0.25) is 0 Å². The minimum absolute atomic E-state index is 0.0855. The number of thiocarbonyl (C=S) groups is 1. The van der Waals surface area contributed by atoms with E-state index in [0.717, 1.165) is 0 Å². The summed E-state index contributed by atoms with van der Waals surface area (Å²) in [5.74, 6) is -0.685. The highest BCUT2D eigenvalue weighted by Gasteiger charge is 2.32. The van der Waals surface area contributed by atoms with Crippen molar-refractivity contribution in [2.24, 2.45) is 5.10 Å². The Balaban J connectivity index is 1.70. The van der Waals surface area contributed by atoms with Gasteiger partial charge in [-0.05, 0) is 32.1 Å². The van der Waals surface area contributed by atoms with Crippen LogP contribution < -0.4 is 20.8 Å². The van der Waals surface area contributed by atoms with Crippen LogP contribution in [0.1, 0.15) is 31.0 Å². The topological polar surface area (TPSA) is 144 Å². The van der Waals surface area contributed by atoms with Gasteiger partial charge in [0, 0.05) is 29.0 Å². The van der Waals surface area contributed by atoms with Gasteiger partial charge in [-0.1, -0.05) is 30.3 Å². The van der Waals surface area contributed by atoms with Gasteiger partial charge in [-0.25, -0.2) is 10.2 Å². The molecule has 0 aromatic heterocycles. The molecule has 35 heavy (non-hydrogen) atoms. The van der Waals surface area contributed by atoms with Crippen LogP contribution in [0.4, 0.5) is 5.69 Å². The first-order chi connectivity index (χ1) is 16.8. The van der Waals surface area contributed by atoms with Gasteiger partial charge in [0.1, 0.15) is 5.75 Å². The lowest BCUT2D eigenvalue weighted by atomic mass is 9.95. The Hall–Kier alpha value is -4.32. The van der Waals surface area contributed by atoms with Crippen molar-refractivity contribution in [1.29, 1.82) is 0 Å². The molecule has 0 fully saturated rings. The predicted octanol–water partition coefficient (Wildman–Crippen LogP) is 2.48. The van der Waals surface area contributed by atoms with Gasteiger partial charge in [-0.15, -0.1) is 0 Å². The molecular formula is C23H23N5O6S. The van der Waals surface area contributed by atoms with Crippen LogP contribution >= 0.6 is 12.2 Å². The fraction of sp³-hybridized carbons (Fsp3) is 0.217. The number of hydrogen-bond acceptors (Lipinski definition) is 8. The number of para-hydroxylation sites is 1. The van der Waals surface area contributed by atoms with Crippen molar-refractivity contribution in [3.05, 3.63) is 81.0 Å². The molecule has 1 aliphatic heterocycles. The minimum Gasteiger partial charge on any atom is -0.483 e. The van der Waals surface area contributed by atoms with E-state index in [1.807, 2.05) is 0 Å². The van der Waals surface area contributed by atoms with Crippen molar-refractivity contribution in [2.45, 2.75) is 19.9 Å². The predicted molar refractivity (Wildman–Crippen MR) is 132 cm³/mol. The van der Waals surface area contributed by atoms with Crippen molar-refractivity contribution in [3.8, 4) is 5.75 Å². The van der Waals surface area contributed by atoms with Crippen LogP contribution in [0, 0.1) is 10.1 Å². The van der Waals surface area contributed by atoms with Crippen LogP contribution in [-0.4, -0.2) is 41.3 Å². The molecule has 182 valence electrons. The Bertz CT molecular complexity index is 1210. The zero-order valence-electron chi connectivity index (χ0n) is 18.9. The third-order valence-corrected chi connectivity index (χ3v) is 5.06. The van der Waals surface area contributed by atoms with Gasteiger partial charge in [-0.2, -0.15) is 5.10 Å². The highest BCUT2D eigenvalue weighted by atomic mass is 32.1. The van der Waals surface area contributed by atoms with E-state index in [4.69, 9.17) is 21.7 Å². The van der Waals surface area contributed by atoms with Crippen LogP contribution in [-0.2, 0) is 14.3 Å². The van der Waals surface area contributed by atoms with Crippen LogP contribution in [0.15, 0.2) is 64.9 Å². The Morgan fingerprint density at radius 1 is 1.26 bits per heavy atom. The normalized spacial score (nSPS) is 15.3. The number of amides is 1. The maximum absolute atomic E-state index is 12.6. The summed E-state index contributed by atoms with van der Waals surface area (Å²) in [7, 11) is 0. The molecule has 1 atom stereocenters. The quantitative estimate of drug-likeness (QED) is 0.156. The molecule has 1 aliphatic rings. The van der Waals surface area contributed by atoms with Gasteiger partial charge in [-0.3, -0.25) is 14.9 Å². The minimum atomic E-state index is -0.644. The Morgan fingerprint density at radius 3 is 2.77 bits per heavy atom. The number of carbonyl (C=O) groups is 2. The van der Waals surface area contributed by atoms with Crippen molar-refractivity contribution < 1.29 is 24.0 Å². The third-order valence-electron chi connectivity index (χ3n) is 4.84. The van der Waals surface area contributed by atoms with Gasteiger partial charge >= 0.3 is 5.97 Å². The summed E-state index contributed by atoms with van der Waals surface area (Å²) in [6, 6.07) is 12.1. The second-order valence-corrected chi connectivity index (χ2v) is 7.67. The molecule has 2 aromatic rings. The maximum Gasteiger partial charge on any atom is 0.338 e. The van der Waals surface area contributed by atoms with E-state index in [2.05, 4.69) is 21.2 Å². The molecule has 3 N–H and O–H groups in total. The lowest BCUT2D eigenvalue weighted by molar-refractivity contribution is -0.384. The number of hydrogen-bond donors (Lipinski definition) is 3. The first-order valence-corrected chi connectivity index (χ1v) is 10.9. The fourth-order valence-corrected chi connectivity index (χ4v) is 3.60. The molecule has 1 heterocycles. The largest absolute Gasteiger partial charge is 0.483 e. The molecule has 0 bridgehead atoms. The number of hydrazone groups is 1. The van der Waals surface area contributed by atoms with E-state index in [1.54, 1.807) is 44.2 Å². The van der Waals surface area contributed by atoms with Gasteiger partial charge in [0.15, 0.2) is 11.7 Å². The highest BCUT2D eigenvalue weighted by Crippen LogP contribution is 2.33. The summed E-state index contributed by atoms with van der Waals surface area (Å²) in [5, 5.41) is 21.0. The molecule has 2 aromatic carbocycles. The number of non-ortho nitro benzene ring substituents is 1. The first-order valence-electron chi connectivity index (χ1n) is 10.5. The molecule has 0 aliphatic carbocycles. The zero-order chi connectivity index (χ0) is 25.4. The number of nitro benzene ring substituents is 1. The molecule has 3 rings (SSSR count). The molecule has 0 saturated carbocycles. The lowest BCUT2D eigenvalue weighted by Crippen LogP contribution is -2.45. The van der Waals surface area contributed by atoms with E-state index in [0.29, 0.717) is 33.3 Å². The summed E-state index contributed by atoms with van der Waals surface area (Å²) in [4.78, 5) is 35.2. The Kier molecular flexibility index (Phi) is 8.46. The molecular weight excluding hydrogens is 474 g/mol. The number of esters is 1. The van der Waals surface area contributed by atoms with Crippen molar-refractivity contribution in [3.63, 3.8) is 0 Å².